The SMILES string of the molecule is Cc1cc(CC(N)C2SCCSC2C)n(C)n1. The van der Waals surface area contributed by atoms with Crippen molar-refractivity contribution in [1.29, 1.82) is 0 Å². The molecule has 0 aliphatic carbocycles. The Labute approximate surface area is 112 Å². The topological polar surface area (TPSA) is 43.8 Å². The van der Waals surface area contributed by atoms with Gasteiger partial charge in [-0.15, -0.1) is 0 Å². The molecule has 17 heavy (non-hydrogen) atoms. The number of aryl methyl sites for hydroxylation is 2. The molecule has 2 N–H and O–H groups in total. The monoisotopic (exact) mass is 271 g/mol. The van der Waals surface area contributed by atoms with Crippen LogP contribution in [-0.4, -0.2) is 37.8 Å². The molecule has 0 bridgehead atoms. The number of nitrogens with two attached hydrogens (primary N) is 1. The normalized spacial score (nSPS) is 27.1. The highest BCUT2D eigenvalue weighted by Crippen LogP contribution is 2.33. The lowest BCUT2D eigenvalue weighted by Gasteiger charge is -2.32. The maximum Gasteiger partial charge on any atom is 0.0596 e. The van der Waals surface area contributed by atoms with Crippen LogP contribution >= 0.6 is 23.5 Å². The molecule has 1 aliphatic rings. The fraction of sp³-hybridized carbons (Fsp3) is 0.750. The van der Waals surface area contributed by atoms with Crippen molar-refractivity contribution in [2.45, 2.75) is 36.8 Å². The molecule has 2 rings (SSSR count). The molecule has 0 spiro atoms. The first-order valence-corrected chi connectivity index (χ1v) is 8.16. The molecular weight excluding hydrogens is 250 g/mol. The van der Waals surface area contributed by atoms with E-state index in [0.29, 0.717) is 10.5 Å². The molecule has 1 saturated heterocycles. The van der Waals surface area contributed by atoms with Crippen LogP contribution in [-0.2, 0) is 13.5 Å². The molecule has 1 fully saturated rings. The Bertz CT molecular complexity index is 378. The second-order valence-corrected chi connectivity index (χ2v) is 7.45. The Morgan fingerprint density at radius 1 is 1.53 bits per heavy atom. The molecule has 2 heterocycles. The van der Waals surface area contributed by atoms with Gasteiger partial charge in [0.2, 0.25) is 0 Å². The zero-order valence-corrected chi connectivity index (χ0v) is 12.4. The highest BCUT2D eigenvalue weighted by molar-refractivity contribution is 8.07. The Morgan fingerprint density at radius 2 is 2.24 bits per heavy atom. The van der Waals surface area contributed by atoms with Gasteiger partial charge in [0.1, 0.15) is 0 Å². The molecule has 1 aliphatic heterocycles. The van der Waals surface area contributed by atoms with E-state index in [9.17, 15) is 0 Å². The summed E-state index contributed by atoms with van der Waals surface area (Å²) in [5, 5.41) is 5.62. The number of thioether (sulfide) groups is 2. The van der Waals surface area contributed by atoms with Crippen LogP contribution in [0.2, 0.25) is 0 Å². The minimum atomic E-state index is 0.234. The van der Waals surface area contributed by atoms with Gasteiger partial charge in [-0.3, -0.25) is 4.68 Å². The first kappa shape index (κ1) is 13.3. The van der Waals surface area contributed by atoms with Crippen LogP contribution in [0.4, 0.5) is 0 Å². The number of hydrogen-bond acceptors (Lipinski definition) is 4. The van der Waals surface area contributed by atoms with Gasteiger partial charge in [0.05, 0.1) is 5.69 Å². The Morgan fingerprint density at radius 3 is 2.82 bits per heavy atom. The predicted molar refractivity (Wildman–Crippen MR) is 77.8 cm³/mol. The highest BCUT2D eigenvalue weighted by atomic mass is 32.2. The van der Waals surface area contributed by atoms with Crippen LogP contribution in [0.25, 0.3) is 0 Å². The summed E-state index contributed by atoms with van der Waals surface area (Å²) in [5.74, 6) is 2.50. The van der Waals surface area contributed by atoms with Gasteiger partial charge in [-0.1, -0.05) is 6.92 Å². The summed E-state index contributed by atoms with van der Waals surface area (Å²) in [6.45, 7) is 4.33. The smallest absolute Gasteiger partial charge is 0.0596 e. The Balaban J connectivity index is 2.00. The van der Waals surface area contributed by atoms with Crippen LogP contribution in [0.5, 0.6) is 0 Å². The Kier molecular flexibility index (Phi) is 4.44. The maximum absolute atomic E-state index is 6.37. The minimum Gasteiger partial charge on any atom is -0.326 e. The van der Waals surface area contributed by atoms with E-state index in [1.54, 1.807) is 0 Å². The van der Waals surface area contributed by atoms with Gasteiger partial charge in [0.25, 0.3) is 0 Å². The number of rotatable bonds is 3. The van der Waals surface area contributed by atoms with Crippen LogP contribution in [0.1, 0.15) is 18.3 Å². The van der Waals surface area contributed by atoms with E-state index >= 15 is 0 Å². The summed E-state index contributed by atoms with van der Waals surface area (Å²) in [4.78, 5) is 0. The second-order valence-electron chi connectivity index (χ2n) is 4.68. The van der Waals surface area contributed by atoms with Gasteiger partial charge in [0.15, 0.2) is 0 Å². The lowest BCUT2D eigenvalue weighted by molar-refractivity contribution is 0.587. The van der Waals surface area contributed by atoms with Gasteiger partial charge in [-0.2, -0.15) is 28.6 Å². The number of nitrogens with zero attached hydrogens (tertiary/aromatic N) is 2. The van der Waals surface area contributed by atoms with E-state index in [4.69, 9.17) is 5.73 Å². The van der Waals surface area contributed by atoms with Crippen molar-refractivity contribution in [3.63, 3.8) is 0 Å². The van der Waals surface area contributed by atoms with Crippen LogP contribution in [0.15, 0.2) is 6.07 Å². The van der Waals surface area contributed by atoms with Crippen molar-refractivity contribution in [3.05, 3.63) is 17.5 Å². The van der Waals surface area contributed by atoms with E-state index < -0.39 is 0 Å². The molecule has 96 valence electrons. The minimum absolute atomic E-state index is 0.234. The van der Waals surface area contributed by atoms with Crippen molar-refractivity contribution in [2.75, 3.05) is 11.5 Å². The summed E-state index contributed by atoms with van der Waals surface area (Å²) < 4.78 is 1.96. The highest BCUT2D eigenvalue weighted by Gasteiger charge is 2.28. The first-order chi connectivity index (χ1) is 8.08. The van der Waals surface area contributed by atoms with Crippen LogP contribution < -0.4 is 5.73 Å². The molecule has 3 unspecified atom stereocenters. The summed E-state index contributed by atoms with van der Waals surface area (Å²) >= 11 is 4.09. The van der Waals surface area contributed by atoms with Crippen molar-refractivity contribution in [1.82, 2.24) is 9.78 Å². The van der Waals surface area contributed by atoms with E-state index in [-0.39, 0.29) is 6.04 Å². The fourth-order valence-corrected chi connectivity index (χ4v) is 5.22. The van der Waals surface area contributed by atoms with E-state index in [2.05, 4.69) is 29.9 Å². The lowest BCUT2D eigenvalue weighted by atomic mass is 10.1. The standard InChI is InChI=1S/C12H21N3S2/c1-8-6-10(15(3)14-8)7-11(13)12-9(2)16-4-5-17-12/h6,9,11-12H,4-5,7,13H2,1-3H3. The molecule has 0 amide bonds. The van der Waals surface area contributed by atoms with Crippen LogP contribution in [0, 0.1) is 6.92 Å². The van der Waals surface area contributed by atoms with Gasteiger partial charge >= 0.3 is 0 Å². The molecule has 0 saturated carbocycles. The maximum atomic E-state index is 6.37. The third kappa shape index (κ3) is 3.20. The van der Waals surface area contributed by atoms with E-state index in [0.717, 1.165) is 12.1 Å². The fourth-order valence-electron chi connectivity index (χ4n) is 2.33. The van der Waals surface area contributed by atoms with Crippen molar-refractivity contribution in [2.24, 2.45) is 12.8 Å². The summed E-state index contributed by atoms with van der Waals surface area (Å²) in [7, 11) is 2.00. The van der Waals surface area contributed by atoms with Crippen molar-refractivity contribution >= 4 is 23.5 Å². The van der Waals surface area contributed by atoms with Gasteiger partial charge < -0.3 is 5.73 Å². The van der Waals surface area contributed by atoms with Crippen LogP contribution in [0.3, 0.4) is 0 Å². The van der Waals surface area contributed by atoms with Crippen molar-refractivity contribution < 1.29 is 0 Å². The Hall–Kier alpha value is -0.130. The summed E-state index contributed by atoms with van der Waals surface area (Å²) in [5.41, 5.74) is 8.70. The molecule has 5 heteroatoms. The molecule has 1 aromatic heterocycles. The number of aromatic nitrogens is 2. The predicted octanol–water partition coefficient (Wildman–Crippen LogP) is 1.84. The average molecular weight is 271 g/mol. The first-order valence-electron chi connectivity index (χ1n) is 6.06. The quantitative estimate of drug-likeness (QED) is 0.911. The van der Waals surface area contributed by atoms with E-state index in [1.807, 2.05) is 30.4 Å². The molecule has 0 radical (unpaired) electrons. The zero-order chi connectivity index (χ0) is 12.4. The zero-order valence-electron chi connectivity index (χ0n) is 10.7. The molecule has 0 aromatic carbocycles. The largest absolute Gasteiger partial charge is 0.326 e. The number of hydrogen-bond donors (Lipinski definition) is 1. The molecular formula is C12H21N3S2. The molecule has 3 atom stereocenters. The average Bonchev–Trinajstić information content (AvgIpc) is 2.58. The summed E-state index contributed by atoms with van der Waals surface area (Å²) in [6, 6.07) is 2.38. The second kappa shape index (κ2) is 5.67. The molecule has 3 nitrogen and oxygen atoms in total. The molecule has 1 aromatic rings. The summed E-state index contributed by atoms with van der Waals surface area (Å²) in [6.07, 6.45) is 0.930. The lowest BCUT2D eigenvalue weighted by Crippen LogP contribution is -2.42. The van der Waals surface area contributed by atoms with Gasteiger partial charge in [-0.25, -0.2) is 0 Å². The van der Waals surface area contributed by atoms with E-state index in [1.165, 1.54) is 17.2 Å². The van der Waals surface area contributed by atoms with Gasteiger partial charge in [0, 0.05) is 47.2 Å². The van der Waals surface area contributed by atoms with Gasteiger partial charge in [-0.05, 0) is 13.0 Å². The van der Waals surface area contributed by atoms with Crippen molar-refractivity contribution in [3.8, 4) is 0 Å². The third-order valence-electron chi connectivity index (χ3n) is 3.20. The third-order valence-corrected chi connectivity index (χ3v) is 6.47.